The van der Waals surface area contributed by atoms with Crippen LogP contribution in [0.2, 0.25) is 0 Å². The summed E-state index contributed by atoms with van der Waals surface area (Å²) in [6.07, 6.45) is 1.48. The summed E-state index contributed by atoms with van der Waals surface area (Å²) in [4.78, 5) is 19.4. The molecule has 4 rings (SSSR count). The summed E-state index contributed by atoms with van der Waals surface area (Å²) in [5.41, 5.74) is 2.66. The molecule has 1 spiro atoms. The van der Waals surface area contributed by atoms with Gasteiger partial charge in [-0.15, -0.1) is 0 Å². The molecular formula is C19H25N3O3. The van der Waals surface area contributed by atoms with E-state index in [0.717, 1.165) is 29.7 Å². The fraction of sp³-hybridized carbons (Fsp3) is 0.579. The first-order valence-corrected chi connectivity index (χ1v) is 9.05. The molecule has 0 saturated carbocycles. The summed E-state index contributed by atoms with van der Waals surface area (Å²) in [6, 6.07) is 6.18. The monoisotopic (exact) mass is 343 g/mol. The lowest BCUT2D eigenvalue weighted by molar-refractivity contribution is -0.181. The van der Waals surface area contributed by atoms with Gasteiger partial charge in [0, 0.05) is 37.5 Å². The van der Waals surface area contributed by atoms with Crippen molar-refractivity contribution in [2.24, 2.45) is 0 Å². The SMILES string of the molecule is Cc1nc2cc(C(=O)N3CCC4(CC3)OCCO4)ccc2n1C(C)C. The smallest absolute Gasteiger partial charge is 0.253 e. The maximum absolute atomic E-state index is 12.9. The van der Waals surface area contributed by atoms with E-state index in [0.29, 0.717) is 37.9 Å². The number of carbonyl (C=O) groups excluding carboxylic acids is 1. The van der Waals surface area contributed by atoms with Gasteiger partial charge in [0.25, 0.3) is 5.91 Å². The van der Waals surface area contributed by atoms with Crippen LogP contribution in [0.3, 0.4) is 0 Å². The Balaban J connectivity index is 1.54. The molecule has 1 aromatic heterocycles. The lowest BCUT2D eigenvalue weighted by Crippen LogP contribution is -2.47. The highest BCUT2D eigenvalue weighted by Gasteiger charge is 2.40. The molecule has 2 fully saturated rings. The number of ether oxygens (including phenoxy) is 2. The van der Waals surface area contributed by atoms with Crippen LogP contribution < -0.4 is 0 Å². The minimum Gasteiger partial charge on any atom is -0.347 e. The van der Waals surface area contributed by atoms with Crippen LogP contribution in [0.15, 0.2) is 18.2 Å². The normalized spacial score (nSPS) is 20.1. The standard InChI is InChI=1S/C19H25N3O3/c1-13(2)22-14(3)20-16-12-15(4-5-17(16)22)18(23)21-8-6-19(7-9-21)24-10-11-25-19/h4-5,12-13H,6-11H2,1-3H3. The minimum atomic E-state index is -0.451. The van der Waals surface area contributed by atoms with Gasteiger partial charge in [0.15, 0.2) is 5.79 Å². The Morgan fingerprint density at radius 1 is 1.20 bits per heavy atom. The second kappa shape index (κ2) is 6.11. The number of nitrogens with zero attached hydrogens (tertiary/aromatic N) is 3. The summed E-state index contributed by atoms with van der Waals surface area (Å²) < 4.78 is 13.7. The van der Waals surface area contributed by atoms with Gasteiger partial charge >= 0.3 is 0 Å². The topological polar surface area (TPSA) is 56.6 Å². The minimum absolute atomic E-state index is 0.0616. The third-order valence-corrected chi connectivity index (χ3v) is 5.26. The number of imidazole rings is 1. The van der Waals surface area contributed by atoms with Crippen LogP contribution in [-0.4, -0.2) is 52.4 Å². The molecular weight excluding hydrogens is 318 g/mol. The first-order valence-electron chi connectivity index (χ1n) is 9.05. The molecule has 6 nitrogen and oxygen atoms in total. The molecule has 2 aromatic rings. The Labute approximate surface area is 147 Å². The molecule has 3 heterocycles. The molecule has 6 heteroatoms. The van der Waals surface area contributed by atoms with Crippen molar-refractivity contribution in [2.75, 3.05) is 26.3 Å². The van der Waals surface area contributed by atoms with Crippen LogP contribution >= 0.6 is 0 Å². The average molecular weight is 343 g/mol. The lowest BCUT2D eigenvalue weighted by atomic mass is 10.0. The number of rotatable bonds is 2. The highest BCUT2D eigenvalue weighted by molar-refractivity contribution is 5.97. The largest absolute Gasteiger partial charge is 0.347 e. The second-order valence-electron chi connectivity index (χ2n) is 7.23. The second-order valence-corrected chi connectivity index (χ2v) is 7.23. The van der Waals surface area contributed by atoms with Crippen molar-refractivity contribution in [2.45, 2.75) is 45.4 Å². The van der Waals surface area contributed by atoms with E-state index in [-0.39, 0.29) is 5.91 Å². The molecule has 0 radical (unpaired) electrons. The van der Waals surface area contributed by atoms with Crippen molar-refractivity contribution < 1.29 is 14.3 Å². The van der Waals surface area contributed by atoms with Crippen molar-refractivity contribution >= 4 is 16.9 Å². The van der Waals surface area contributed by atoms with Gasteiger partial charge in [-0.1, -0.05) is 0 Å². The Hall–Kier alpha value is -1.92. The number of hydrogen-bond donors (Lipinski definition) is 0. The van der Waals surface area contributed by atoms with Crippen LogP contribution in [-0.2, 0) is 9.47 Å². The number of piperidine rings is 1. The molecule has 134 valence electrons. The zero-order valence-corrected chi connectivity index (χ0v) is 15.1. The highest BCUT2D eigenvalue weighted by atomic mass is 16.7. The molecule has 0 unspecified atom stereocenters. The lowest BCUT2D eigenvalue weighted by Gasteiger charge is -2.37. The number of likely N-dealkylation sites (tertiary alicyclic amines) is 1. The van der Waals surface area contributed by atoms with Crippen LogP contribution in [0.5, 0.6) is 0 Å². The van der Waals surface area contributed by atoms with E-state index in [1.54, 1.807) is 0 Å². The predicted octanol–water partition coefficient (Wildman–Crippen LogP) is 2.90. The Bertz CT molecular complexity index is 796. The number of benzene rings is 1. The summed E-state index contributed by atoms with van der Waals surface area (Å²) >= 11 is 0. The zero-order chi connectivity index (χ0) is 17.6. The molecule has 0 N–H and O–H groups in total. The van der Waals surface area contributed by atoms with E-state index in [1.165, 1.54) is 0 Å². The van der Waals surface area contributed by atoms with Gasteiger partial charge in [0.05, 0.1) is 24.2 Å². The van der Waals surface area contributed by atoms with E-state index in [1.807, 2.05) is 30.0 Å². The van der Waals surface area contributed by atoms with Gasteiger partial charge in [-0.3, -0.25) is 4.79 Å². The first-order chi connectivity index (χ1) is 12.0. The van der Waals surface area contributed by atoms with Crippen molar-refractivity contribution in [1.29, 1.82) is 0 Å². The highest BCUT2D eigenvalue weighted by Crippen LogP contribution is 2.32. The van der Waals surface area contributed by atoms with Gasteiger partial charge in [0.1, 0.15) is 5.82 Å². The molecule has 2 aliphatic rings. The summed E-state index contributed by atoms with van der Waals surface area (Å²) in [7, 11) is 0. The zero-order valence-electron chi connectivity index (χ0n) is 15.1. The number of carbonyl (C=O) groups is 1. The molecule has 2 saturated heterocycles. The molecule has 2 aliphatic heterocycles. The van der Waals surface area contributed by atoms with Gasteiger partial charge in [-0.05, 0) is 39.0 Å². The maximum atomic E-state index is 12.9. The van der Waals surface area contributed by atoms with E-state index in [9.17, 15) is 4.79 Å². The number of fused-ring (bicyclic) bond motifs is 1. The first kappa shape index (κ1) is 16.5. The molecule has 1 aromatic carbocycles. The van der Waals surface area contributed by atoms with Crippen molar-refractivity contribution in [3.05, 3.63) is 29.6 Å². The Morgan fingerprint density at radius 3 is 2.52 bits per heavy atom. The van der Waals surface area contributed by atoms with Crippen LogP contribution in [0.1, 0.15) is 48.9 Å². The van der Waals surface area contributed by atoms with Gasteiger partial charge in [0.2, 0.25) is 0 Å². The van der Waals surface area contributed by atoms with Crippen molar-refractivity contribution in [1.82, 2.24) is 14.5 Å². The third kappa shape index (κ3) is 2.83. The molecule has 0 atom stereocenters. The molecule has 25 heavy (non-hydrogen) atoms. The average Bonchev–Trinajstić information content (AvgIpc) is 3.17. The maximum Gasteiger partial charge on any atom is 0.253 e. The molecule has 0 bridgehead atoms. The van der Waals surface area contributed by atoms with E-state index in [2.05, 4.69) is 23.4 Å². The molecule has 0 aliphatic carbocycles. The van der Waals surface area contributed by atoms with Crippen molar-refractivity contribution in [3.8, 4) is 0 Å². The van der Waals surface area contributed by atoms with Gasteiger partial charge < -0.3 is 18.9 Å². The van der Waals surface area contributed by atoms with Crippen LogP contribution in [0, 0.1) is 6.92 Å². The van der Waals surface area contributed by atoms with Gasteiger partial charge in [-0.2, -0.15) is 0 Å². The van der Waals surface area contributed by atoms with Crippen molar-refractivity contribution in [3.63, 3.8) is 0 Å². The number of hydrogen-bond acceptors (Lipinski definition) is 4. The fourth-order valence-corrected chi connectivity index (χ4v) is 4.02. The summed E-state index contributed by atoms with van der Waals surface area (Å²) in [5, 5.41) is 0. The fourth-order valence-electron chi connectivity index (χ4n) is 4.02. The predicted molar refractivity (Wildman–Crippen MR) is 94.6 cm³/mol. The van der Waals surface area contributed by atoms with E-state index in [4.69, 9.17) is 9.47 Å². The summed E-state index contributed by atoms with van der Waals surface area (Å²) in [6.45, 7) is 8.93. The van der Waals surface area contributed by atoms with Crippen LogP contribution in [0.4, 0.5) is 0 Å². The number of aromatic nitrogens is 2. The quantitative estimate of drug-likeness (QED) is 0.841. The number of aryl methyl sites for hydroxylation is 1. The number of amides is 1. The Morgan fingerprint density at radius 2 is 1.88 bits per heavy atom. The van der Waals surface area contributed by atoms with E-state index >= 15 is 0 Å². The summed E-state index contributed by atoms with van der Waals surface area (Å²) in [5.74, 6) is 0.588. The van der Waals surface area contributed by atoms with Gasteiger partial charge in [-0.25, -0.2) is 4.98 Å². The third-order valence-electron chi connectivity index (χ3n) is 5.26. The Kier molecular flexibility index (Phi) is 4.04. The van der Waals surface area contributed by atoms with Crippen LogP contribution in [0.25, 0.3) is 11.0 Å². The molecule has 1 amide bonds. The van der Waals surface area contributed by atoms with E-state index < -0.39 is 5.79 Å².